The fourth-order valence-electron chi connectivity index (χ4n) is 0.404. The Kier molecular flexibility index (Phi) is 4.51. The highest BCUT2D eigenvalue weighted by Crippen LogP contribution is 2.20. The van der Waals surface area contributed by atoms with Gasteiger partial charge in [0.25, 0.3) is 0 Å². The molecular formula is C5H9BrF2N2O. The number of amides is 1. The molecule has 3 nitrogen and oxygen atoms in total. The molecule has 11 heavy (non-hydrogen) atoms. The Balaban J connectivity index is 3.54. The fourth-order valence-corrected chi connectivity index (χ4v) is 0.544. The third kappa shape index (κ3) is 5.09. The smallest absolute Gasteiger partial charge is 0.350 e. The van der Waals surface area contributed by atoms with E-state index >= 15 is 0 Å². The van der Waals surface area contributed by atoms with Crippen LogP contribution in [0.3, 0.4) is 0 Å². The Bertz CT molecular complexity index is 137. The Morgan fingerprint density at radius 1 is 1.64 bits per heavy atom. The van der Waals surface area contributed by atoms with Crippen molar-refractivity contribution in [2.24, 2.45) is 5.73 Å². The molecule has 3 N–H and O–H groups in total. The van der Waals surface area contributed by atoms with Crippen molar-refractivity contribution in [3.8, 4) is 0 Å². The molecule has 6 heteroatoms. The molecule has 0 aliphatic rings. The number of carbonyl (C=O) groups is 1. The standard InChI is InChI=1S/C5H9BrF2N2O/c6-5(7,8)4(11)10-3-1-2-9/h1-3,9H2,(H,10,11). The molecule has 0 atom stereocenters. The van der Waals surface area contributed by atoms with E-state index in [2.05, 4.69) is 0 Å². The van der Waals surface area contributed by atoms with Crippen LogP contribution in [-0.4, -0.2) is 23.8 Å². The largest absolute Gasteiger partial charge is 0.377 e. The second-order valence-corrected chi connectivity index (χ2v) is 2.89. The van der Waals surface area contributed by atoms with Gasteiger partial charge in [-0.1, -0.05) is 0 Å². The second-order valence-electron chi connectivity index (χ2n) is 1.90. The lowest BCUT2D eigenvalue weighted by Crippen LogP contribution is -2.36. The molecule has 0 aromatic rings. The average Bonchev–Trinajstić information content (AvgIpc) is 1.86. The molecule has 0 aromatic heterocycles. The number of halogens is 3. The summed E-state index contributed by atoms with van der Waals surface area (Å²) in [5.41, 5.74) is 5.07. The molecule has 0 radical (unpaired) electrons. The van der Waals surface area contributed by atoms with Crippen molar-refractivity contribution < 1.29 is 13.6 Å². The van der Waals surface area contributed by atoms with Crippen LogP contribution < -0.4 is 11.1 Å². The SMILES string of the molecule is NCCCNC(=O)C(F)(F)Br. The second kappa shape index (κ2) is 4.61. The highest BCUT2D eigenvalue weighted by molar-refractivity contribution is 9.10. The number of nitrogens with one attached hydrogen (secondary N) is 1. The van der Waals surface area contributed by atoms with Crippen molar-refractivity contribution in [2.45, 2.75) is 11.3 Å². The van der Waals surface area contributed by atoms with Gasteiger partial charge in [-0.05, 0) is 13.0 Å². The molecule has 0 aromatic carbocycles. The predicted octanol–water partition coefficient (Wildman–Crippen LogP) is 0.439. The van der Waals surface area contributed by atoms with Gasteiger partial charge in [0, 0.05) is 22.5 Å². The molecule has 0 saturated heterocycles. The van der Waals surface area contributed by atoms with E-state index < -0.39 is 10.7 Å². The third-order valence-corrected chi connectivity index (χ3v) is 1.28. The van der Waals surface area contributed by atoms with E-state index in [1.165, 1.54) is 0 Å². The highest BCUT2D eigenvalue weighted by Gasteiger charge is 2.34. The molecule has 0 fully saturated rings. The third-order valence-electron chi connectivity index (χ3n) is 0.924. The first-order chi connectivity index (χ1) is 4.98. The first-order valence-electron chi connectivity index (χ1n) is 3.03. The first kappa shape index (κ1) is 10.8. The van der Waals surface area contributed by atoms with Gasteiger partial charge in [-0.25, -0.2) is 0 Å². The van der Waals surface area contributed by atoms with Gasteiger partial charge in [0.15, 0.2) is 0 Å². The van der Waals surface area contributed by atoms with Crippen LogP contribution in [0.1, 0.15) is 6.42 Å². The molecule has 0 bridgehead atoms. The Morgan fingerprint density at radius 2 is 2.18 bits per heavy atom. The van der Waals surface area contributed by atoms with Gasteiger partial charge in [0.2, 0.25) is 0 Å². The van der Waals surface area contributed by atoms with Crippen LogP contribution in [0.25, 0.3) is 0 Å². The molecule has 1 amide bonds. The Hall–Kier alpha value is -0.230. The minimum absolute atomic E-state index is 0.177. The molecular weight excluding hydrogens is 222 g/mol. The van der Waals surface area contributed by atoms with E-state index in [1.54, 1.807) is 0 Å². The number of hydrogen-bond donors (Lipinski definition) is 2. The first-order valence-corrected chi connectivity index (χ1v) is 3.83. The predicted molar refractivity (Wildman–Crippen MR) is 40.6 cm³/mol. The van der Waals surface area contributed by atoms with Gasteiger partial charge in [-0.2, -0.15) is 8.78 Å². The van der Waals surface area contributed by atoms with Crippen molar-refractivity contribution in [1.82, 2.24) is 5.32 Å². The van der Waals surface area contributed by atoms with Crippen LogP contribution >= 0.6 is 15.9 Å². The zero-order valence-corrected chi connectivity index (χ0v) is 7.33. The van der Waals surface area contributed by atoms with Gasteiger partial charge >= 0.3 is 10.7 Å². The van der Waals surface area contributed by atoms with Crippen LogP contribution in [0.4, 0.5) is 8.78 Å². The molecule has 0 aliphatic heterocycles. The normalized spacial score (nSPS) is 11.3. The van der Waals surface area contributed by atoms with Gasteiger partial charge in [-0.15, -0.1) is 0 Å². The Labute approximate surface area is 71.4 Å². The lowest BCUT2D eigenvalue weighted by molar-refractivity contribution is -0.134. The number of rotatable bonds is 4. The molecule has 0 heterocycles. The molecule has 0 spiro atoms. The molecule has 0 unspecified atom stereocenters. The van der Waals surface area contributed by atoms with Crippen molar-refractivity contribution in [3.63, 3.8) is 0 Å². The molecule has 0 rings (SSSR count). The van der Waals surface area contributed by atoms with Crippen LogP contribution in [0.5, 0.6) is 0 Å². The van der Waals surface area contributed by atoms with E-state index in [-0.39, 0.29) is 6.54 Å². The summed E-state index contributed by atoms with van der Waals surface area (Å²) in [6, 6.07) is 0. The summed E-state index contributed by atoms with van der Waals surface area (Å²) >= 11 is 1.92. The number of hydrogen-bond acceptors (Lipinski definition) is 2. The lowest BCUT2D eigenvalue weighted by Gasteiger charge is -2.07. The van der Waals surface area contributed by atoms with E-state index in [1.807, 2.05) is 21.2 Å². The summed E-state index contributed by atoms with van der Waals surface area (Å²) in [7, 11) is 0. The summed E-state index contributed by atoms with van der Waals surface area (Å²) in [4.78, 5) is 6.92. The van der Waals surface area contributed by atoms with Crippen molar-refractivity contribution in [2.75, 3.05) is 13.1 Å². The minimum Gasteiger partial charge on any atom is -0.350 e. The zero-order chi connectivity index (χ0) is 8.91. The summed E-state index contributed by atoms with van der Waals surface area (Å²) in [6.45, 7) is 0.546. The van der Waals surface area contributed by atoms with E-state index in [0.717, 1.165) is 0 Å². The number of carbonyl (C=O) groups excluding carboxylic acids is 1. The monoisotopic (exact) mass is 230 g/mol. The fraction of sp³-hybridized carbons (Fsp3) is 0.800. The lowest BCUT2D eigenvalue weighted by atomic mass is 10.4. The van der Waals surface area contributed by atoms with Crippen molar-refractivity contribution >= 4 is 21.8 Å². The number of alkyl halides is 3. The zero-order valence-electron chi connectivity index (χ0n) is 5.74. The van der Waals surface area contributed by atoms with Crippen LogP contribution in [0.2, 0.25) is 0 Å². The highest BCUT2D eigenvalue weighted by atomic mass is 79.9. The maximum Gasteiger partial charge on any atom is 0.377 e. The topological polar surface area (TPSA) is 55.1 Å². The average molecular weight is 231 g/mol. The van der Waals surface area contributed by atoms with Crippen molar-refractivity contribution in [3.05, 3.63) is 0 Å². The maximum atomic E-state index is 12.0. The van der Waals surface area contributed by atoms with Crippen LogP contribution in [0.15, 0.2) is 0 Å². The number of nitrogens with two attached hydrogens (primary N) is 1. The minimum atomic E-state index is -3.47. The quantitative estimate of drug-likeness (QED) is 0.544. The van der Waals surface area contributed by atoms with Gasteiger partial charge in [0.05, 0.1) is 0 Å². The molecule has 0 saturated carbocycles. The van der Waals surface area contributed by atoms with Crippen molar-refractivity contribution in [1.29, 1.82) is 0 Å². The van der Waals surface area contributed by atoms with Gasteiger partial charge in [0.1, 0.15) is 0 Å². The summed E-state index contributed by atoms with van der Waals surface area (Å²) in [5, 5.41) is 2.01. The van der Waals surface area contributed by atoms with Gasteiger partial charge in [-0.3, -0.25) is 4.79 Å². The summed E-state index contributed by atoms with van der Waals surface area (Å²) < 4.78 is 24.0. The van der Waals surface area contributed by atoms with Crippen LogP contribution in [0, 0.1) is 0 Å². The molecule has 0 aliphatic carbocycles. The van der Waals surface area contributed by atoms with E-state index in [4.69, 9.17) is 5.73 Å². The maximum absolute atomic E-state index is 12.0. The van der Waals surface area contributed by atoms with E-state index in [9.17, 15) is 13.6 Å². The van der Waals surface area contributed by atoms with Gasteiger partial charge < -0.3 is 11.1 Å². The summed E-state index contributed by atoms with van der Waals surface area (Å²) in [5.74, 6) is -1.33. The molecule has 66 valence electrons. The van der Waals surface area contributed by atoms with Crippen LogP contribution in [-0.2, 0) is 4.79 Å². The summed E-state index contributed by atoms with van der Waals surface area (Å²) in [6.07, 6.45) is 0.495. The van der Waals surface area contributed by atoms with E-state index in [0.29, 0.717) is 13.0 Å². The Morgan fingerprint density at radius 3 is 2.55 bits per heavy atom.